The minimum atomic E-state index is -0.975. The fourth-order valence-corrected chi connectivity index (χ4v) is 2.71. The molecule has 1 N–H and O–H groups in total. The van der Waals surface area contributed by atoms with E-state index in [9.17, 15) is 9.59 Å². The van der Waals surface area contributed by atoms with Crippen molar-refractivity contribution in [2.75, 3.05) is 13.1 Å². The standard InChI is InChI=1S/C17H21NO3/c1-12-4-3-9-18(11-12)17(21)15-6-5-14(13(2)10-15)7-8-16(19)20/h5-8,10,12H,3-4,9,11H2,1-2H3,(H,19,20)/b8-7+. The molecule has 1 aromatic rings. The maximum atomic E-state index is 12.5. The summed E-state index contributed by atoms with van der Waals surface area (Å²) >= 11 is 0. The molecule has 1 amide bonds. The van der Waals surface area contributed by atoms with E-state index in [0.717, 1.165) is 36.7 Å². The second-order valence-electron chi connectivity index (χ2n) is 5.74. The van der Waals surface area contributed by atoms with Gasteiger partial charge in [0.15, 0.2) is 0 Å². The quantitative estimate of drug-likeness (QED) is 0.870. The minimum Gasteiger partial charge on any atom is -0.478 e. The summed E-state index contributed by atoms with van der Waals surface area (Å²) in [6, 6.07) is 5.41. The van der Waals surface area contributed by atoms with Gasteiger partial charge < -0.3 is 10.0 Å². The van der Waals surface area contributed by atoms with Crippen LogP contribution in [-0.4, -0.2) is 35.0 Å². The highest BCUT2D eigenvalue weighted by Crippen LogP contribution is 2.19. The molecule has 1 aromatic carbocycles. The first kappa shape index (κ1) is 15.3. The van der Waals surface area contributed by atoms with Gasteiger partial charge in [-0.15, -0.1) is 0 Å². The highest BCUT2D eigenvalue weighted by Gasteiger charge is 2.22. The third kappa shape index (κ3) is 3.94. The summed E-state index contributed by atoms with van der Waals surface area (Å²) in [6.07, 6.45) is 4.90. The second-order valence-corrected chi connectivity index (χ2v) is 5.74. The molecule has 0 spiro atoms. The Labute approximate surface area is 125 Å². The van der Waals surface area contributed by atoms with Gasteiger partial charge in [-0.1, -0.05) is 13.0 Å². The minimum absolute atomic E-state index is 0.0680. The summed E-state index contributed by atoms with van der Waals surface area (Å²) in [5, 5.41) is 8.66. The van der Waals surface area contributed by atoms with Gasteiger partial charge in [0.1, 0.15) is 0 Å². The van der Waals surface area contributed by atoms with Crippen LogP contribution in [0, 0.1) is 12.8 Å². The number of hydrogen-bond acceptors (Lipinski definition) is 2. The molecule has 1 aliphatic heterocycles. The molecule has 1 saturated heterocycles. The number of piperidine rings is 1. The summed E-state index contributed by atoms with van der Waals surface area (Å²) in [5.74, 6) is -0.350. The molecule has 0 radical (unpaired) electrons. The lowest BCUT2D eigenvalue weighted by molar-refractivity contribution is -0.131. The number of carboxylic acids is 1. The molecule has 1 unspecified atom stereocenters. The normalized spacial score (nSPS) is 19.0. The van der Waals surface area contributed by atoms with Crippen LogP contribution < -0.4 is 0 Å². The van der Waals surface area contributed by atoms with Crippen molar-refractivity contribution < 1.29 is 14.7 Å². The molecule has 1 heterocycles. The van der Waals surface area contributed by atoms with Crippen molar-refractivity contribution in [3.8, 4) is 0 Å². The third-order valence-corrected chi connectivity index (χ3v) is 3.87. The lowest BCUT2D eigenvalue weighted by Crippen LogP contribution is -2.39. The number of carboxylic acid groups (broad SMARTS) is 1. The van der Waals surface area contributed by atoms with Crippen LogP contribution in [0.3, 0.4) is 0 Å². The van der Waals surface area contributed by atoms with E-state index in [1.54, 1.807) is 18.2 Å². The first-order valence-electron chi connectivity index (χ1n) is 7.28. The van der Waals surface area contributed by atoms with Gasteiger partial charge >= 0.3 is 5.97 Å². The van der Waals surface area contributed by atoms with Crippen LogP contribution >= 0.6 is 0 Å². The van der Waals surface area contributed by atoms with Gasteiger partial charge in [-0.2, -0.15) is 0 Å². The molecule has 0 aromatic heterocycles. The van der Waals surface area contributed by atoms with Crippen molar-refractivity contribution in [3.63, 3.8) is 0 Å². The van der Waals surface area contributed by atoms with E-state index < -0.39 is 5.97 Å². The zero-order chi connectivity index (χ0) is 15.4. The van der Waals surface area contributed by atoms with Gasteiger partial charge in [-0.05, 0) is 55.0 Å². The predicted molar refractivity (Wildman–Crippen MR) is 82.2 cm³/mol. The number of amides is 1. The predicted octanol–water partition coefficient (Wildman–Crippen LogP) is 2.96. The Morgan fingerprint density at radius 2 is 2.14 bits per heavy atom. The molecule has 0 saturated carbocycles. The molecule has 0 bridgehead atoms. The number of likely N-dealkylation sites (tertiary alicyclic amines) is 1. The number of carbonyl (C=O) groups excluding carboxylic acids is 1. The monoisotopic (exact) mass is 287 g/mol. The average molecular weight is 287 g/mol. The Morgan fingerprint density at radius 1 is 1.38 bits per heavy atom. The number of carbonyl (C=O) groups is 2. The number of nitrogens with zero attached hydrogens (tertiary/aromatic N) is 1. The Morgan fingerprint density at radius 3 is 2.76 bits per heavy atom. The Kier molecular flexibility index (Phi) is 4.78. The van der Waals surface area contributed by atoms with Crippen molar-refractivity contribution in [2.45, 2.75) is 26.7 Å². The Bertz CT molecular complexity index is 577. The van der Waals surface area contributed by atoms with Crippen LogP contribution in [0.25, 0.3) is 6.08 Å². The zero-order valence-electron chi connectivity index (χ0n) is 12.5. The van der Waals surface area contributed by atoms with Crippen molar-refractivity contribution in [3.05, 3.63) is 41.0 Å². The van der Waals surface area contributed by atoms with E-state index in [1.165, 1.54) is 6.42 Å². The van der Waals surface area contributed by atoms with Gasteiger partial charge in [0.05, 0.1) is 0 Å². The lowest BCUT2D eigenvalue weighted by atomic mass is 9.98. The lowest BCUT2D eigenvalue weighted by Gasteiger charge is -2.31. The third-order valence-electron chi connectivity index (χ3n) is 3.87. The van der Waals surface area contributed by atoms with Crippen LogP contribution in [0.4, 0.5) is 0 Å². The summed E-state index contributed by atoms with van der Waals surface area (Å²) in [7, 11) is 0. The first-order chi connectivity index (χ1) is 9.97. The number of hydrogen-bond donors (Lipinski definition) is 1. The maximum Gasteiger partial charge on any atom is 0.328 e. The van der Waals surface area contributed by atoms with E-state index in [-0.39, 0.29) is 5.91 Å². The van der Waals surface area contributed by atoms with Gasteiger partial charge in [0.25, 0.3) is 5.91 Å². The van der Waals surface area contributed by atoms with Crippen LogP contribution in [0.15, 0.2) is 24.3 Å². The largest absolute Gasteiger partial charge is 0.478 e. The fourth-order valence-electron chi connectivity index (χ4n) is 2.71. The number of aliphatic carboxylic acids is 1. The number of aryl methyl sites for hydroxylation is 1. The van der Waals surface area contributed by atoms with E-state index in [1.807, 2.05) is 17.9 Å². The SMILES string of the molecule is Cc1cc(C(=O)N2CCCC(C)C2)ccc1/C=C/C(=O)O. The zero-order valence-corrected chi connectivity index (χ0v) is 12.5. The molecule has 1 aliphatic rings. The van der Waals surface area contributed by atoms with Gasteiger partial charge in [0, 0.05) is 24.7 Å². The van der Waals surface area contributed by atoms with Gasteiger partial charge in [0.2, 0.25) is 0 Å². The van der Waals surface area contributed by atoms with Crippen molar-refractivity contribution in [2.24, 2.45) is 5.92 Å². The van der Waals surface area contributed by atoms with E-state index >= 15 is 0 Å². The summed E-state index contributed by atoms with van der Waals surface area (Å²) in [5.41, 5.74) is 2.40. The Balaban J connectivity index is 2.15. The summed E-state index contributed by atoms with van der Waals surface area (Å²) in [4.78, 5) is 24.9. The molecule has 112 valence electrons. The Hall–Kier alpha value is -2.10. The molecule has 1 atom stereocenters. The molecule has 21 heavy (non-hydrogen) atoms. The molecule has 4 nitrogen and oxygen atoms in total. The van der Waals surface area contributed by atoms with Crippen molar-refractivity contribution in [1.82, 2.24) is 4.90 Å². The highest BCUT2D eigenvalue weighted by molar-refractivity contribution is 5.95. The topological polar surface area (TPSA) is 57.6 Å². The summed E-state index contributed by atoms with van der Waals surface area (Å²) in [6.45, 7) is 5.70. The van der Waals surface area contributed by atoms with Gasteiger partial charge in [-0.3, -0.25) is 4.79 Å². The maximum absolute atomic E-state index is 12.5. The van der Waals surface area contributed by atoms with E-state index in [2.05, 4.69) is 6.92 Å². The van der Waals surface area contributed by atoms with Crippen molar-refractivity contribution in [1.29, 1.82) is 0 Å². The molecular weight excluding hydrogens is 266 g/mol. The number of benzene rings is 1. The molecule has 0 aliphatic carbocycles. The first-order valence-corrected chi connectivity index (χ1v) is 7.28. The highest BCUT2D eigenvalue weighted by atomic mass is 16.4. The van der Waals surface area contributed by atoms with Gasteiger partial charge in [-0.25, -0.2) is 4.79 Å². The number of rotatable bonds is 3. The molecule has 1 fully saturated rings. The average Bonchev–Trinajstić information content (AvgIpc) is 2.45. The molecule has 2 rings (SSSR count). The smallest absolute Gasteiger partial charge is 0.328 e. The van der Waals surface area contributed by atoms with Crippen LogP contribution in [0.1, 0.15) is 41.3 Å². The fraction of sp³-hybridized carbons (Fsp3) is 0.412. The van der Waals surface area contributed by atoms with E-state index in [4.69, 9.17) is 5.11 Å². The van der Waals surface area contributed by atoms with E-state index in [0.29, 0.717) is 11.5 Å². The van der Waals surface area contributed by atoms with Crippen LogP contribution in [-0.2, 0) is 4.79 Å². The summed E-state index contributed by atoms with van der Waals surface area (Å²) < 4.78 is 0. The second kappa shape index (κ2) is 6.57. The van der Waals surface area contributed by atoms with Crippen LogP contribution in [0.5, 0.6) is 0 Å². The molecule has 4 heteroatoms. The molecular formula is C17H21NO3. The van der Waals surface area contributed by atoms with Crippen LogP contribution in [0.2, 0.25) is 0 Å². The van der Waals surface area contributed by atoms with Crippen molar-refractivity contribution >= 4 is 18.0 Å².